The summed E-state index contributed by atoms with van der Waals surface area (Å²) in [7, 11) is 2.01. The molecule has 0 amide bonds. The Morgan fingerprint density at radius 3 is 2.08 bits per heavy atom. The molecule has 0 saturated carbocycles. The highest BCUT2D eigenvalue weighted by Crippen LogP contribution is 2.27. The van der Waals surface area contributed by atoms with E-state index in [2.05, 4.69) is 38.8 Å². The van der Waals surface area contributed by atoms with Crippen LogP contribution in [0.25, 0.3) is 11.0 Å². The summed E-state index contributed by atoms with van der Waals surface area (Å²) in [5.74, 6) is 0.945. The highest BCUT2D eigenvalue weighted by molar-refractivity contribution is 6.14. The number of imidazole rings is 1. The number of hydrogen-bond donors (Lipinski definition) is 0. The summed E-state index contributed by atoms with van der Waals surface area (Å²) in [6.45, 7) is 1.99. The number of benzene rings is 2. The van der Waals surface area contributed by atoms with E-state index >= 15 is 0 Å². The van der Waals surface area contributed by atoms with E-state index in [9.17, 15) is 0 Å². The standard InChI is InChI=1S/C21H18N4/c1-15-23-18-13-22-14-19(21(18)25(15)2)24-20(16-9-5-3-6-10-16)17-11-7-4-8-12-17/h3-14H,1-2H3. The van der Waals surface area contributed by atoms with Crippen molar-refractivity contribution in [1.82, 2.24) is 14.5 Å². The van der Waals surface area contributed by atoms with Crippen molar-refractivity contribution in [2.45, 2.75) is 6.92 Å². The average Bonchev–Trinajstić information content (AvgIpc) is 2.96. The van der Waals surface area contributed by atoms with Gasteiger partial charge in [-0.3, -0.25) is 4.98 Å². The molecule has 122 valence electrons. The minimum atomic E-state index is 0.823. The largest absolute Gasteiger partial charge is 0.329 e. The predicted molar refractivity (Wildman–Crippen MR) is 101 cm³/mol. The topological polar surface area (TPSA) is 43.1 Å². The molecule has 0 saturated heterocycles. The maximum Gasteiger partial charge on any atom is 0.109 e. The molecule has 0 radical (unpaired) electrons. The van der Waals surface area contributed by atoms with Crippen LogP contribution in [0.2, 0.25) is 0 Å². The van der Waals surface area contributed by atoms with Crippen molar-refractivity contribution in [3.63, 3.8) is 0 Å². The van der Waals surface area contributed by atoms with E-state index in [4.69, 9.17) is 4.99 Å². The third kappa shape index (κ3) is 2.83. The van der Waals surface area contributed by atoms with Crippen LogP contribution in [0, 0.1) is 6.92 Å². The lowest BCUT2D eigenvalue weighted by atomic mass is 10.0. The summed E-state index contributed by atoms with van der Waals surface area (Å²) in [5.41, 5.74) is 5.76. The summed E-state index contributed by atoms with van der Waals surface area (Å²) in [4.78, 5) is 13.9. The van der Waals surface area contributed by atoms with Gasteiger partial charge in [0.05, 0.1) is 23.6 Å². The first-order valence-corrected chi connectivity index (χ1v) is 8.20. The van der Waals surface area contributed by atoms with Gasteiger partial charge in [0.1, 0.15) is 17.0 Å². The molecular weight excluding hydrogens is 308 g/mol. The van der Waals surface area contributed by atoms with Gasteiger partial charge in [-0.2, -0.15) is 0 Å². The zero-order valence-corrected chi connectivity index (χ0v) is 14.2. The Kier molecular flexibility index (Phi) is 3.86. The van der Waals surface area contributed by atoms with Gasteiger partial charge in [-0.25, -0.2) is 9.98 Å². The Bertz CT molecular complexity index is 1010. The molecule has 25 heavy (non-hydrogen) atoms. The average molecular weight is 326 g/mol. The van der Waals surface area contributed by atoms with Crippen LogP contribution in [0.3, 0.4) is 0 Å². The van der Waals surface area contributed by atoms with Crippen molar-refractivity contribution in [3.05, 3.63) is 90.0 Å². The van der Waals surface area contributed by atoms with E-state index in [1.807, 2.05) is 50.4 Å². The monoisotopic (exact) mass is 326 g/mol. The van der Waals surface area contributed by atoms with Crippen molar-refractivity contribution in [2.75, 3.05) is 0 Å². The third-order valence-corrected chi connectivity index (χ3v) is 4.31. The second kappa shape index (κ2) is 6.32. The molecule has 0 fully saturated rings. The quantitative estimate of drug-likeness (QED) is 0.522. The fourth-order valence-corrected chi connectivity index (χ4v) is 2.96. The van der Waals surface area contributed by atoms with Crippen molar-refractivity contribution < 1.29 is 0 Å². The van der Waals surface area contributed by atoms with E-state index in [1.54, 1.807) is 12.4 Å². The molecule has 2 aromatic carbocycles. The molecule has 2 aromatic heterocycles. The Morgan fingerprint density at radius 1 is 0.880 bits per heavy atom. The summed E-state index contributed by atoms with van der Waals surface area (Å²) >= 11 is 0. The number of aromatic nitrogens is 3. The van der Waals surface area contributed by atoms with Gasteiger partial charge >= 0.3 is 0 Å². The second-order valence-electron chi connectivity index (χ2n) is 5.94. The lowest BCUT2D eigenvalue weighted by molar-refractivity contribution is 0.886. The molecule has 0 atom stereocenters. The highest BCUT2D eigenvalue weighted by atomic mass is 15.1. The normalized spacial score (nSPS) is 10.8. The lowest BCUT2D eigenvalue weighted by Gasteiger charge is -2.08. The molecule has 0 aliphatic rings. The van der Waals surface area contributed by atoms with E-state index in [-0.39, 0.29) is 0 Å². The van der Waals surface area contributed by atoms with Crippen LogP contribution in [-0.4, -0.2) is 20.2 Å². The highest BCUT2D eigenvalue weighted by Gasteiger charge is 2.12. The molecule has 0 N–H and O–H groups in total. The van der Waals surface area contributed by atoms with Gasteiger partial charge in [0, 0.05) is 18.2 Å². The van der Waals surface area contributed by atoms with Crippen molar-refractivity contribution in [3.8, 4) is 0 Å². The molecule has 0 aliphatic carbocycles. The third-order valence-electron chi connectivity index (χ3n) is 4.31. The van der Waals surface area contributed by atoms with E-state index in [1.165, 1.54) is 0 Å². The minimum Gasteiger partial charge on any atom is -0.329 e. The molecule has 4 nitrogen and oxygen atoms in total. The fraction of sp³-hybridized carbons (Fsp3) is 0.0952. The number of aryl methyl sites for hydroxylation is 2. The van der Waals surface area contributed by atoms with Crippen LogP contribution in [0.15, 0.2) is 78.0 Å². The summed E-state index contributed by atoms with van der Waals surface area (Å²) in [6.07, 6.45) is 3.58. The van der Waals surface area contributed by atoms with Gasteiger partial charge < -0.3 is 4.57 Å². The minimum absolute atomic E-state index is 0.823. The van der Waals surface area contributed by atoms with Gasteiger partial charge in [-0.05, 0) is 6.92 Å². The Labute approximate surface area is 146 Å². The first-order chi connectivity index (χ1) is 12.2. The Hall–Kier alpha value is -3.27. The van der Waals surface area contributed by atoms with Crippen molar-refractivity contribution in [1.29, 1.82) is 0 Å². The number of aliphatic imine (C=N–C) groups is 1. The number of pyridine rings is 1. The lowest BCUT2D eigenvalue weighted by Crippen LogP contribution is -2.03. The van der Waals surface area contributed by atoms with Gasteiger partial charge in [0.25, 0.3) is 0 Å². The zero-order valence-electron chi connectivity index (χ0n) is 14.2. The van der Waals surface area contributed by atoms with Crippen LogP contribution in [0.1, 0.15) is 17.0 Å². The smallest absolute Gasteiger partial charge is 0.109 e. The predicted octanol–water partition coefficient (Wildman–Crippen LogP) is 4.45. The van der Waals surface area contributed by atoms with E-state index in [0.717, 1.165) is 39.4 Å². The first kappa shape index (κ1) is 15.3. The van der Waals surface area contributed by atoms with Gasteiger partial charge in [0.2, 0.25) is 0 Å². The Morgan fingerprint density at radius 2 is 1.48 bits per heavy atom. The zero-order chi connectivity index (χ0) is 17.2. The maximum absolute atomic E-state index is 4.99. The molecule has 0 spiro atoms. The van der Waals surface area contributed by atoms with Gasteiger partial charge in [-0.1, -0.05) is 60.7 Å². The summed E-state index contributed by atoms with van der Waals surface area (Å²) in [5, 5.41) is 0. The SMILES string of the molecule is Cc1nc2cncc(N=C(c3ccccc3)c3ccccc3)c2n1C. The molecule has 4 heteroatoms. The molecular formula is C21H18N4. The summed E-state index contributed by atoms with van der Waals surface area (Å²) in [6, 6.07) is 20.4. The van der Waals surface area contributed by atoms with E-state index < -0.39 is 0 Å². The maximum atomic E-state index is 4.99. The number of fused-ring (bicyclic) bond motifs is 1. The molecule has 0 unspecified atom stereocenters. The number of hydrogen-bond acceptors (Lipinski definition) is 3. The van der Waals surface area contributed by atoms with Crippen LogP contribution in [-0.2, 0) is 7.05 Å². The molecule has 0 aliphatic heterocycles. The Balaban J connectivity index is 1.97. The van der Waals surface area contributed by atoms with Crippen LogP contribution in [0.4, 0.5) is 5.69 Å². The van der Waals surface area contributed by atoms with Crippen molar-refractivity contribution >= 4 is 22.4 Å². The van der Waals surface area contributed by atoms with Crippen molar-refractivity contribution in [2.24, 2.45) is 12.0 Å². The molecule has 4 rings (SSSR count). The number of nitrogens with zero attached hydrogens (tertiary/aromatic N) is 4. The number of rotatable bonds is 3. The van der Waals surface area contributed by atoms with Crippen LogP contribution >= 0.6 is 0 Å². The molecule has 2 heterocycles. The second-order valence-corrected chi connectivity index (χ2v) is 5.94. The van der Waals surface area contributed by atoms with Crippen LogP contribution < -0.4 is 0 Å². The van der Waals surface area contributed by atoms with Gasteiger partial charge in [0.15, 0.2) is 0 Å². The molecule has 0 bridgehead atoms. The first-order valence-electron chi connectivity index (χ1n) is 8.20. The van der Waals surface area contributed by atoms with Gasteiger partial charge in [-0.15, -0.1) is 0 Å². The van der Waals surface area contributed by atoms with E-state index in [0.29, 0.717) is 0 Å². The molecule has 4 aromatic rings. The summed E-state index contributed by atoms with van der Waals surface area (Å²) < 4.78 is 2.06. The van der Waals surface area contributed by atoms with Crippen LogP contribution in [0.5, 0.6) is 0 Å². The fourth-order valence-electron chi connectivity index (χ4n) is 2.96.